The summed E-state index contributed by atoms with van der Waals surface area (Å²) in [4.78, 5) is 22.9. The molecule has 3 aromatic carbocycles. The van der Waals surface area contributed by atoms with Gasteiger partial charge in [0.1, 0.15) is 17.3 Å². The van der Waals surface area contributed by atoms with Crippen molar-refractivity contribution in [1.82, 2.24) is 10.2 Å². The zero-order chi connectivity index (χ0) is 24.8. The van der Waals surface area contributed by atoms with E-state index in [9.17, 15) is 14.7 Å². The Morgan fingerprint density at radius 3 is 2.37 bits per heavy atom. The lowest BCUT2D eigenvalue weighted by atomic mass is 10.1. The number of carboxylic acids is 2. The number of rotatable bonds is 9. The highest BCUT2D eigenvalue weighted by Crippen LogP contribution is 2.32. The fourth-order valence-electron chi connectivity index (χ4n) is 2.97. The fraction of sp³-hybridized carbons (Fsp3) is 0.0400. The van der Waals surface area contributed by atoms with Crippen molar-refractivity contribution in [3.63, 3.8) is 0 Å². The summed E-state index contributed by atoms with van der Waals surface area (Å²) in [5.74, 6) is -1.47. The van der Waals surface area contributed by atoms with E-state index >= 15 is 0 Å². The van der Waals surface area contributed by atoms with Crippen LogP contribution >= 0.6 is 23.4 Å². The van der Waals surface area contributed by atoms with Crippen molar-refractivity contribution in [3.8, 4) is 17.2 Å². The molecule has 0 atom stereocenters. The minimum atomic E-state index is -1.17. The highest BCUT2D eigenvalue weighted by atomic mass is 35.5. The average Bonchev–Trinajstić information content (AvgIpc) is 3.32. The van der Waals surface area contributed by atoms with Crippen LogP contribution in [-0.2, 0) is 11.4 Å². The van der Waals surface area contributed by atoms with Crippen LogP contribution in [-0.4, -0.2) is 32.3 Å². The van der Waals surface area contributed by atoms with Crippen molar-refractivity contribution in [2.75, 3.05) is 0 Å². The highest BCUT2D eigenvalue weighted by molar-refractivity contribution is 8.03. The number of thioether (sulfide) groups is 1. The number of aromatic carboxylic acids is 1. The molecule has 0 amide bonds. The zero-order valence-corrected chi connectivity index (χ0v) is 19.5. The summed E-state index contributed by atoms with van der Waals surface area (Å²) in [5.41, 5.74) is 2.14. The number of hydrogen-bond acceptors (Lipinski definition) is 7. The van der Waals surface area contributed by atoms with E-state index in [4.69, 9.17) is 25.9 Å². The molecule has 176 valence electrons. The SMILES string of the molecule is O=C(O)/C(=C/c1ccccc1OCc1ccc(C(=O)O)cc1)Sc1nnc(-c2ccc(Cl)cc2)o1. The average molecular weight is 509 g/mol. The Bertz CT molecular complexity index is 1380. The van der Waals surface area contributed by atoms with Crippen LogP contribution in [0, 0.1) is 0 Å². The van der Waals surface area contributed by atoms with Gasteiger partial charge in [-0.25, -0.2) is 9.59 Å². The Kier molecular flexibility index (Phi) is 7.49. The van der Waals surface area contributed by atoms with Gasteiger partial charge in [0.05, 0.1) is 5.56 Å². The third-order valence-electron chi connectivity index (χ3n) is 4.71. The zero-order valence-electron chi connectivity index (χ0n) is 17.9. The molecule has 4 rings (SSSR count). The molecule has 35 heavy (non-hydrogen) atoms. The summed E-state index contributed by atoms with van der Waals surface area (Å²) >= 11 is 6.72. The molecule has 8 nitrogen and oxygen atoms in total. The van der Waals surface area contributed by atoms with Crippen molar-refractivity contribution >= 4 is 41.4 Å². The van der Waals surface area contributed by atoms with Gasteiger partial charge in [-0.2, -0.15) is 0 Å². The number of aromatic nitrogens is 2. The third kappa shape index (κ3) is 6.28. The maximum absolute atomic E-state index is 11.9. The van der Waals surface area contributed by atoms with Crippen molar-refractivity contribution in [2.24, 2.45) is 0 Å². The summed E-state index contributed by atoms with van der Waals surface area (Å²) in [6.45, 7) is 0.175. The largest absolute Gasteiger partial charge is 0.488 e. The quantitative estimate of drug-likeness (QED) is 0.210. The van der Waals surface area contributed by atoms with Crippen LogP contribution in [0.25, 0.3) is 17.5 Å². The van der Waals surface area contributed by atoms with Crippen LogP contribution in [0.2, 0.25) is 5.02 Å². The van der Waals surface area contributed by atoms with Gasteiger partial charge in [0, 0.05) is 16.1 Å². The summed E-state index contributed by atoms with van der Waals surface area (Å²) in [6, 6.07) is 20.1. The third-order valence-corrected chi connectivity index (χ3v) is 5.81. The predicted molar refractivity (Wildman–Crippen MR) is 130 cm³/mol. The molecule has 0 saturated heterocycles. The lowest BCUT2D eigenvalue weighted by molar-refractivity contribution is -0.131. The fourth-order valence-corrected chi connectivity index (χ4v) is 3.76. The number of nitrogens with zero attached hydrogens (tertiary/aromatic N) is 2. The van der Waals surface area contributed by atoms with Gasteiger partial charge in [0.2, 0.25) is 5.89 Å². The van der Waals surface area contributed by atoms with Crippen LogP contribution in [0.1, 0.15) is 21.5 Å². The second-order valence-electron chi connectivity index (χ2n) is 7.12. The molecule has 0 aliphatic carbocycles. The molecule has 0 bridgehead atoms. The molecule has 0 fully saturated rings. The van der Waals surface area contributed by atoms with E-state index in [1.54, 1.807) is 60.7 Å². The van der Waals surface area contributed by atoms with Gasteiger partial charge < -0.3 is 19.4 Å². The van der Waals surface area contributed by atoms with Crippen LogP contribution < -0.4 is 4.74 Å². The topological polar surface area (TPSA) is 123 Å². The van der Waals surface area contributed by atoms with Crippen molar-refractivity contribution < 1.29 is 29.0 Å². The lowest BCUT2D eigenvalue weighted by Gasteiger charge is -2.10. The van der Waals surface area contributed by atoms with Gasteiger partial charge in [-0.3, -0.25) is 0 Å². The summed E-state index contributed by atoms with van der Waals surface area (Å²) in [7, 11) is 0. The monoisotopic (exact) mass is 508 g/mol. The molecule has 0 unspecified atom stereocenters. The molecule has 1 heterocycles. The van der Waals surface area contributed by atoms with Gasteiger partial charge in [-0.1, -0.05) is 41.9 Å². The normalized spacial score (nSPS) is 11.3. The standard InChI is InChI=1S/C25H17ClN2O6S/c26-19-11-9-16(10-12-19)22-27-28-25(34-22)35-21(24(31)32)13-18-3-1-2-4-20(18)33-14-15-5-7-17(8-6-15)23(29)30/h1-13H,14H2,(H,29,30)(H,31,32)/b21-13-. The van der Waals surface area contributed by atoms with Gasteiger partial charge in [0.25, 0.3) is 5.22 Å². The molecule has 0 aliphatic rings. The number of aliphatic carboxylic acids is 1. The van der Waals surface area contributed by atoms with E-state index in [-0.39, 0.29) is 28.2 Å². The van der Waals surface area contributed by atoms with Gasteiger partial charge >= 0.3 is 11.9 Å². The number of ether oxygens (including phenoxy) is 1. The minimum absolute atomic E-state index is 0.0434. The Morgan fingerprint density at radius 2 is 1.69 bits per heavy atom. The smallest absolute Gasteiger partial charge is 0.342 e. The van der Waals surface area contributed by atoms with E-state index in [0.717, 1.165) is 17.3 Å². The predicted octanol–water partition coefficient (Wildman–Crippen LogP) is 5.89. The number of benzene rings is 3. The molecule has 0 radical (unpaired) electrons. The van der Waals surface area contributed by atoms with Crippen LogP contribution in [0.4, 0.5) is 0 Å². The first-order chi connectivity index (χ1) is 16.9. The summed E-state index contributed by atoms with van der Waals surface area (Å²) in [6.07, 6.45) is 1.46. The Labute approximate surface area is 208 Å². The van der Waals surface area contributed by atoms with E-state index in [0.29, 0.717) is 21.9 Å². The number of carboxylic acid groups (broad SMARTS) is 2. The van der Waals surface area contributed by atoms with E-state index in [1.165, 1.54) is 18.2 Å². The first-order valence-corrected chi connectivity index (χ1v) is 11.3. The second kappa shape index (κ2) is 10.9. The van der Waals surface area contributed by atoms with Crippen molar-refractivity contribution in [2.45, 2.75) is 11.8 Å². The maximum Gasteiger partial charge on any atom is 0.342 e. The molecule has 2 N–H and O–H groups in total. The molecule has 10 heteroatoms. The Morgan fingerprint density at radius 1 is 0.971 bits per heavy atom. The molecular formula is C25H17ClN2O6S. The first kappa shape index (κ1) is 24.1. The number of para-hydroxylation sites is 1. The van der Waals surface area contributed by atoms with Gasteiger partial charge in [-0.15, -0.1) is 10.2 Å². The number of halogens is 1. The second-order valence-corrected chi connectivity index (χ2v) is 8.55. The van der Waals surface area contributed by atoms with Crippen LogP contribution in [0.3, 0.4) is 0 Å². The van der Waals surface area contributed by atoms with Gasteiger partial charge in [-0.05, 0) is 65.9 Å². The van der Waals surface area contributed by atoms with Crippen molar-refractivity contribution in [1.29, 1.82) is 0 Å². The highest BCUT2D eigenvalue weighted by Gasteiger charge is 2.17. The molecular weight excluding hydrogens is 492 g/mol. The van der Waals surface area contributed by atoms with Crippen LogP contribution in [0.5, 0.6) is 5.75 Å². The molecule has 0 spiro atoms. The van der Waals surface area contributed by atoms with E-state index in [1.807, 2.05) is 0 Å². The van der Waals surface area contributed by atoms with Crippen LogP contribution in [0.15, 0.2) is 87.3 Å². The first-order valence-electron chi connectivity index (χ1n) is 10.2. The number of hydrogen-bond donors (Lipinski definition) is 2. The molecule has 0 aliphatic heterocycles. The van der Waals surface area contributed by atoms with Gasteiger partial charge in [0.15, 0.2) is 0 Å². The van der Waals surface area contributed by atoms with Crippen molar-refractivity contribution in [3.05, 3.63) is 99.4 Å². The Hall–Kier alpha value is -4.08. The molecule has 1 aromatic heterocycles. The minimum Gasteiger partial charge on any atom is -0.488 e. The summed E-state index contributed by atoms with van der Waals surface area (Å²) in [5, 5.41) is 27.3. The number of carbonyl (C=O) groups is 2. The van der Waals surface area contributed by atoms with E-state index in [2.05, 4.69) is 10.2 Å². The molecule has 4 aromatic rings. The van der Waals surface area contributed by atoms with E-state index < -0.39 is 11.9 Å². The maximum atomic E-state index is 11.9. The lowest BCUT2D eigenvalue weighted by Crippen LogP contribution is -2.00. The Balaban J connectivity index is 1.51. The summed E-state index contributed by atoms with van der Waals surface area (Å²) < 4.78 is 11.5. The molecule has 0 saturated carbocycles.